The Hall–Kier alpha value is -3.67. The minimum Gasteiger partial charge on any atom is -0.444 e. The van der Waals surface area contributed by atoms with Gasteiger partial charge in [0.25, 0.3) is 0 Å². The number of benzene rings is 1. The average molecular weight is 505 g/mol. The number of aromatic amines is 1. The molecule has 9 nitrogen and oxygen atoms in total. The van der Waals surface area contributed by atoms with Gasteiger partial charge in [0.15, 0.2) is 0 Å². The minimum absolute atomic E-state index is 0.0388. The topological polar surface area (TPSA) is 102 Å². The van der Waals surface area contributed by atoms with Gasteiger partial charge < -0.3 is 19.4 Å². The molecule has 3 aromatic rings. The minimum atomic E-state index is -4.42. The maximum atomic E-state index is 12.9. The van der Waals surface area contributed by atoms with Crippen LogP contribution in [0, 0.1) is 0 Å². The van der Waals surface area contributed by atoms with E-state index in [2.05, 4.69) is 15.3 Å². The van der Waals surface area contributed by atoms with Crippen LogP contribution in [0.5, 0.6) is 0 Å². The molecule has 0 saturated carbocycles. The standard InChI is InChI=1S/C24H26F3N5O4/c1-23(2,3)36-22(34)31-12-19(32-11-18(29-30-32)16-8-9-28-21(33)10-16)20(13-31)35-14-15-4-6-17(7-5-15)24(25,26)27/h4-11,19-20H,12-14H2,1-3H3,(H,28,33)/t19-,20-/m1/s1. The molecule has 2 aromatic heterocycles. The molecule has 1 saturated heterocycles. The lowest BCUT2D eigenvalue weighted by Crippen LogP contribution is -2.36. The zero-order valence-corrected chi connectivity index (χ0v) is 20.0. The van der Waals surface area contributed by atoms with Crippen molar-refractivity contribution in [2.45, 2.75) is 51.3 Å². The number of hydrogen-bond acceptors (Lipinski definition) is 6. The summed E-state index contributed by atoms with van der Waals surface area (Å²) in [5.41, 5.74) is -0.104. The monoisotopic (exact) mass is 505 g/mol. The van der Waals surface area contributed by atoms with Crippen LogP contribution < -0.4 is 5.56 Å². The Morgan fingerprint density at radius 3 is 2.50 bits per heavy atom. The molecule has 0 radical (unpaired) electrons. The summed E-state index contributed by atoms with van der Waals surface area (Å²) in [7, 11) is 0. The molecule has 3 heterocycles. The van der Waals surface area contributed by atoms with Gasteiger partial charge >= 0.3 is 12.3 Å². The number of hydrogen-bond donors (Lipinski definition) is 1. The lowest BCUT2D eigenvalue weighted by atomic mass is 10.1. The Labute approximate surface area is 204 Å². The van der Waals surface area contributed by atoms with Crippen LogP contribution in [-0.4, -0.2) is 55.8 Å². The molecule has 1 aliphatic rings. The predicted octanol–water partition coefficient (Wildman–Crippen LogP) is 4.03. The number of rotatable bonds is 5. The Morgan fingerprint density at radius 2 is 1.86 bits per heavy atom. The normalized spacial score (nSPS) is 18.4. The van der Waals surface area contributed by atoms with Crippen LogP contribution in [0.15, 0.2) is 53.6 Å². The van der Waals surface area contributed by atoms with E-state index >= 15 is 0 Å². The molecule has 12 heteroatoms. The van der Waals surface area contributed by atoms with Gasteiger partial charge in [0.2, 0.25) is 5.56 Å². The van der Waals surface area contributed by atoms with Crippen LogP contribution in [0.3, 0.4) is 0 Å². The SMILES string of the molecule is CC(C)(C)OC(=O)N1C[C@@H](n2cc(-c3cc[nH]c(=O)c3)nn2)[C@H](OCc2ccc(C(F)(F)F)cc2)C1. The number of pyridine rings is 1. The first kappa shape index (κ1) is 25.4. The fourth-order valence-electron chi connectivity index (χ4n) is 3.82. The summed E-state index contributed by atoms with van der Waals surface area (Å²) in [6.07, 6.45) is -2.30. The Morgan fingerprint density at radius 1 is 1.14 bits per heavy atom. The van der Waals surface area contributed by atoms with Crippen molar-refractivity contribution < 1.29 is 27.4 Å². The van der Waals surface area contributed by atoms with Gasteiger partial charge in [-0.05, 0) is 44.5 Å². The van der Waals surface area contributed by atoms with E-state index in [9.17, 15) is 22.8 Å². The molecule has 1 N–H and O–H groups in total. The van der Waals surface area contributed by atoms with Crippen molar-refractivity contribution in [3.8, 4) is 11.3 Å². The molecule has 4 rings (SSSR count). The zero-order chi connectivity index (χ0) is 26.1. The zero-order valence-electron chi connectivity index (χ0n) is 20.0. The number of nitrogens with zero attached hydrogens (tertiary/aromatic N) is 4. The molecule has 1 aliphatic heterocycles. The Bertz CT molecular complexity index is 1260. The highest BCUT2D eigenvalue weighted by Gasteiger charge is 2.40. The molecule has 1 aromatic carbocycles. The number of nitrogens with one attached hydrogen (secondary N) is 1. The molecule has 36 heavy (non-hydrogen) atoms. The van der Waals surface area contributed by atoms with Crippen LogP contribution in [0.4, 0.5) is 18.0 Å². The largest absolute Gasteiger partial charge is 0.444 e. The van der Waals surface area contributed by atoms with Gasteiger partial charge in [-0.25, -0.2) is 9.48 Å². The van der Waals surface area contributed by atoms with Gasteiger partial charge in [0.05, 0.1) is 37.1 Å². The van der Waals surface area contributed by atoms with Crippen molar-refractivity contribution in [3.05, 3.63) is 70.3 Å². The fourth-order valence-corrected chi connectivity index (χ4v) is 3.82. The number of aromatic nitrogens is 4. The second-order valence-corrected chi connectivity index (χ2v) is 9.52. The highest BCUT2D eigenvalue weighted by Crippen LogP contribution is 2.30. The molecule has 0 unspecified atom stereocenters. The van der Waals surface area contributed by atoms with Gasteiger partial charge in [-0.3, -0.25) is 4.79 Å². The Balaban J connectivity index is 1.53. The van der Waals surface area contributed by atoms with Crippen LogP contribution in [0.25, 0.3) is 11.3 Å². The quantitative estimate of drug-likeness (QED) is 0.562. The van der Waals surface area contributed by atoms with Crippen molar-refractivity contribution >= 4 is 6.09 Å². The molecule has 0 spiro atoms. The van der Waals surface area contributed by atoms with Crippen molar-refractivity contribution in [2.75, 3.05) is 13.1 Å². The molecule has 192 valence electrons. The second-order valence-electron chi connectivity index (χ2n) is 9.52. The lowest BCUT2D eigenvalue weighted by molar-refractivity contribution is -0.137. The smallest absolute Gasteiger partial charge is 0.416 e. The molecular formula is C24H26F3N5O4. The first-order valence-electron chi connectivity index (χ1n) is 11.3. The molecule has 1 fully saturated rings. The van der Waals surface area contributed by atoms with Crippen LogP contribution in [0.2, 0.25) is 0 Å². The van der Waals surface area contributed by atoms with E-state index in [4.69, 9.17) is 9.47 Å². The molecule has 0 aliphatic carbocycles. The number of halogens is 3. The third-order valence-electron chi connectivity index (χ3n) is 5.55. The van der Waals surface area contributed by atoms with Crippen LogP contribution in [0.1, 0.15) is 37.9 Å². The van der Waals surface area contributed by atoms with E-state index in [0.717, 1.165) is 12.1 Å². The van der Waals surface area contributed by atoms with E-state index in [1.54, 1.807) is 37.7 Å². The number of alkyl halides is 3. The lowest BCUT2D eigenvalue weighted by Gasteiger charge is -2.24. The van der Waals surface area contributed by atoms with Gasteiger partial charge in [-0.2, -0.15) is 13.2 Å². The van der Waals surface area contributed by atoms with E-state index < -0.39 is 35.6 Å². The summed E-state index contributed by atoms with van der Waals surface area (Å²) in [5.74, 6) is 0. The molecule has 1 amide bonds. The summed E-state index contributed by atoms with van der Waals surface area (Å²) in [5, 5.41) is 8.34. The van der Waals surface area contributed by atoms with Crippen molar-refractivity contribution in [1.29, 1.82) is 0 Å². The summed E-state index contributed by atoms with van der Waals surface area (Å²) in [6, 6.07) is 7.38. The first-order chi connectivity index (χ1) is 16.9. The summed E-state index contributed by atoms with van der Waals surface area (Å²) < 4.78 is 51.7. The first-order valence-corrected chi connectivity index (χ1v) is 11.3. The predicted molar refractivity (Wildman–Crippen MR) is 123 cm³/mol. The van der Waals surface area contributed by atoms with Crippen molar-refractivity contribution in [3.63, 3.8) is 0 Å². The maximum absolute atomic E-state index is 12.9. The summed E-state index contributed by atoms with van der Waals surface area (Å²) >= 11 is 0. The van der Waals surface area contributed by atoms with Crippen molar-refractivity contribution in [2.24, 2.45) is 0 Å². The summed E-state index contributed by atoms with van der Waals surface area (Å²) in [6.45, 7) is 5.76. The van der Waals surface area contributed by atoms with E-state index in [0.29, 0.717) is 16.8 Å². The highest BCUT2D eigenvalue weighted by atomic mass is 19.4. The number of likely N-dealkylation sites (tertiary alicyclic amines) is 1. The molecule has 2 atom stereocenters. The Kier molecular flexibility index (Phi) is 6.90. The van der Waals surface area contributed by atoms with E-state index in [1.165, 1.54) is 29.3 Å². The maximum Gasteiger partial charge on any atom is 0.416 e. The second kappa shape index (κ2) is 9.76. The van der Waals surface area contributed by atoms with Crippen LogP contribution in [-0.2, 0) is 22.3 Å². The van der Waals surface area contributed by atoms with E-state index in [1.807, 2.05) is 0 Å². The highest BCUT2D eigenvalue weighted by molar-refractivity contribution is 5.68. The number of ether oxygens (including phenoxy) is 2. The van der Waals surface area contributed by atoms with Gasteiger partial charge in [-0.15, -0.1) is 5.10 Å². The third kappa shape index (κ3) is 6.11. The van der Waals surface area contributed by atoms with E-state index in [-0.39, 0.29) is 25.3 Å². The van der Waals surface area contributed by atoms with Gasteiger partial charge in [0, 0.05) is 24.4 Å². The number of carbonyl (C=O) groups is 1. The van der Waals surface area contributed by atoms with Crippen LogP contribution >= 0.6 is 0 Å². The van der Waals surface area contributed by atoms with Gasteiger partial charge in [0.1, 0.15) is 11.3 Å². The summed E-state index contributed by atoms with van der Waals surface area (Å²) in [4.78, 5) is 28.4. The number of amides is 1. The number of carbonyl (C=O) groups excluding carboxylic acids is 1. The van der Waals surface area contributed by atoms with Crippen molar-refractivity contribution in [1.82, 2.24) is 24.9 Å². The molecule has 0 bridgehead atoms. The van der Waals surface area contributed by atoms with Gasteiger partial charge in [-0.1, -0.05) is 17.3 Å². The third-order valence-corrected chi connectivity index (χ3v) is 5.55. The average Bonchev–Trinajstić information content (AvgIpc) is 3.44. The molecular weight excluding hydrogens is 479 g/mol. The number of H-pyrrole nitrogens is 1. The fraction of sp³-hybridized carbons (Fsp3) is 0.417.